The number of aryl methyl sites for hydroxylation is 1. The van der Waals surface area contributed by atoms with Gasteiger partial charge in [0.05, 0.1) is 17.3 Å². The van der Waals surface area contributed by atoms with Crippen molar-refractivity contribution < 1.29 is 41.8 Å². The molecule has 4 amide bonds. The van der Waals surface area contributed by atoms with Crippen LogP contribution in [0.2, 0.25) is 0 Å². The van der Waals surface area contributed by atoms with E-state index in [4.69, 9.17) is 9.72 Å². The normalized spacial score (nSPS) is 28.5. The summed E-state index contributed by atoms with van der Waals surface area (Å²) < 4.78 is 49.4. The number of sulfonamides is 1. The average Bonchev–Trinajstić information content (AvgIpc) is 4.07. The van der Waals surface area contributed by atoms with Crippen molar-refractivity contribution in [2.45, 2.75) is 99.1 Å². The molecule has 284 valence electrons. The number of allylic oxidation sites excluding steroid dienone is 1. The van der Waals surface area contributed by atoms with Crippen LogP contribution in [0.25, 0.3) is 22.2 Å². The van der Waals surface area contributed by atoms with Crippen molar-refractivity contribution in [3.05, 3.63) is 72.1 Å². The zero-order chi connectivity index (χ0) is 37.8. The van der Waals surface area contributed by atoms with Crippen molar-refractivity contribution in [3.8, 4) is 17.0 Å². The van der Waals surface area contributed by atoms with Gasteiger partial charge >= 0.3 is 6.09 Å². The second-order valence-electron chi connectivity index (χ2n) is 15.3. The van der Waals surface area contributed by atoms with Crippen molar-refractivity contribution in [1.29, 1.82) is 0 Å². The highest BCUT2D eigenvalue weighted by molar-refractivity contribution is 7.91. The SMILES string of the molecule is O=C(O)N[C@H]1CCCCCC=C[C@@H]2C[C@@]2(C(=O)NS(=O)(=O)C2CC2)NC(=O)[C@@H]2C[C@]3(CCc4c(c(-c5cccc(F)c5)nc5ccccc45)O3)CN2C1=O. The van der Waals surface area contributed by atoms with Crippen LogP contribution >= 0.6 is 0 Å². The van der Waals surface area contributed by atoms with Crippen LogP contribution < -0.4 is 20.1 Å². The molecule has 4 N–H and O–H groups in total. The van der Waals surface area contributed by atoms with Gasteiger partial charge in [-0.15, -0.1) is 0 Å². The lowest BCUT2D eigenvalue weighted by molar-refractivity contribution is -0.141. The summed E-state index contributed by atoms with van der Waals surface area (Å²) in [6, 6.07) is 11.2. The lowest BCUT2D eigenvalue weighted by atomic mass is 9.86. The van der Waals surface area contributed by atoms with Crippen LogP contribution in [0.3, 0.4) is 0 Å². The summed E-state index contributed by atoms with van der Waals surface area (Å²) in [5.41, 5.74) is -0.227. The fourth-order valence-corrected chi connectivity index (χ4v) is 9.73. The Labute approximate surface area is 311 Å². The van der Waals surface area contributed by atoms with Gasteiger partial charge in [-0.05, 0) is 69.6 Å². The Hall–Kier alpha value is -5.05. The molecule has 1 spiro atoms. The minimum atomic E-state index is -3.92. The molecule has 3 aromatic rings. The van der Waals surface area contributed by atoms with E-state index in [-0.39, 0.29) is 25.8 Å². The number of fused-ring (bicyclic) bond motifs is 5. The van der Waals surface area contributed by atoms with E-state index in [2.05, 4.69) is 15.4 Å². The molecule has 5 atom stereocenters. The molecule has 0 bridgehead atoms. The highest BCUT2D eigenvalue weighted by Gasteiger charge is 2.63. The Morgan fingerprint density at radius 2 is 1.85 bits per heavy atom. The molecule has 54 heavy (non-hydrogen) atoms. The summed E-state index contributed by atoms with van der Waals surface area (Å²) in [7, 11) is -3.92. The number of rotatable bonds is 5. The van der Waals surface area contributed by atoms with Gasteiger partial charge in [-0.1, -0.05) is 55.3 Å². The lowest BCUT2D eigenvalue weighted by Gasteiger charge is -2.37. The predicted molar refractivity (Wildman–Crippen MR) is 195 cm³/mol. The molecule has 3 aliphatic heterocycles. The average molecular weight is 760 g/mol. The van der Waals surface area contributed by atoms with Crippen molar-refractivity contribution in [1.82, 2.24) is 25.2 Å². The van der Waals surface area contributed by atoms with Crippen LogP contribution in [0.1, 0.15) is 69.8 Å². The van der Waals surface area contributed by atoms with Gasteiger partial charge in [0.15, 0.2) is 0 Å². The van der Waals surface area contributed by atoms with Gasteiger partial charge in [-0.2, -0.15) is 0 Å². The van der Waals surface area contributed by atoms with E-state index in [0.717, 1.165) is 17.4 Å². The Kier molecular flexibility index (Phi) is 9.10. The molecule has 2 aromatic carbocycles. The Morgan fingerprint density at radius 1 is 1.04 bits per heavy atom. The maximum atomic E-state index is 14.6. The number of nitrogens with one attached hydrogen (secondary N) is 3. The number of halogens is 1. The van der Waals surface area contributed by atoms with E-state index in [1.165, 1.54) is 17.0 Å². The summed E-state index contributed by atoms with van der Waals surface area (Å²) >= 11 is 0. The van der Waals surface area contributed by atoms with Crippen LogP contribution in [0.4, 0.5) is 9.18 Å². The number of ether oxygens (including phenoxy) is 1. The van der Waals surface area contributed by atoms with Crippen LogP contribution in [0.5, 0.6) is 5.75 Å². The van der Waals surface area contributed by atoms with Gasteiger partial charge in [0, 0.05) is 28.9 Å². The van der Waals surface area contributed by atoms with Crippen LogP contribution in [0.15, 0.2) is 60.7 Å². The van der Waals surface area contributed by atoms with Gasteiger partial charge in [0.2, 0.25) is 21.8 Å². The Balaban J connectivity index is 1.17. The summed E-state index contributed by atoms with van der Waals surface area (Å²) in [5, 5.41) is 15.2. The second-order valence-corrected chi connectivity index (χ2v) is 17.2. The first-order chi connectivity index (χ1) is 25.9. The number of amides is 4. The zero-order valence-corrected chi connectivity index (χ0v) is 30.4. The molecule has 2 saturated carbocycles. The molecule has 0 unspecified atom stereocenters. The van der Waals surface area contributed by atoms with Gasteiger partial charge < -0.3 is 25.4 Å². The maximum Gasteiger partial charge on any atom is 0.405 e. The topological polar surface area (TPSA) is 184 Å². The molecule has 4 heterocycles. The minimum absolute atomic E-state index is 0.00218. The Bertz CT molecular complexity index is 2190. The first-order valence-electron chi connectivity index (χ1n) is 18.6. The number of hydrogen-bond acceptors (Lipinski definition) is 8. The van der Waals surface area contributed by atoms with E-state index >= 15 is 0 Å². The van der Waals surface area contributed by atoms with Crippen molar-refractivity contribution in [2.75, 3.05) is 6.54 Å². The number of para-hydroxylation sites is 1. The second kappa shape index (κ2) is 13.7. The van der Waals surface area contributed by atoms with Crippen LogP contribution in [-0.2, 0) is 30.8 Å². The third kappa shape index (κ3) is 6.78. The van der Waals surface area contributed by atoms with Crippen molar-refractivity contribution in [2.24, 2.45) is 5.92 Å². The zero-order valence-electron chi connectivity index (χ0n) is 29.6. The summed E-state index contributed by atoms with van der Waals surface area (Å²) in [6.45, 7) is -0.0742. The molecule has 0 radical (unpaired) electrons. The minimum Gasteiger partial charge on any atom is -0.483 e. The quantitative estimate of drug-likeness (QED) is 0.275. The number of carboxylic acid groups (broad SMARTS) is 1. The molecule has 1 saturated heterocycles. The van der Waals surface area contributed by atoms with E-state index < -0.39 is 74.0 Å². The predicted octanol–water partition coefficient (Wildman–Crippen LogP) is 4.35. The van der Waals surface area contributed by atoms with E-state index in [9.17, 15) is 37.1 Å². The maximum absolute atomic E-state index is 14.6. The van der Waals surface area contributed by atoms with E-state index in [1.54, 1.807) is 12.1 Å². The third-order valence-corrected chi connectivity index (χ3v) is 13.3. The van der Waals surface area contributed by atoms with E-state index in [1.807, 2.05) is 36.4 Å². The molecular weight excluding hydrogens is 718 g/mol. The molecule has 1 aromatic heterocycles. The van der Waals surface area contributed by atoms with Gasteiger partial charge in [0.1, 0.15) is 40.5 Å². The first kappa shape index (κ1) is 36.0. The summed E-state index contributed by atoms with van der Waals surface area (Å²) in [5.74, 6) is -2.60. The lowest BCUT2D eigenvalue weighted by Crippen LogP contribution is -2.58. The first-order valence-corrected chi connectivity index (χ1v) is 20.1. The van der Waals surface area contributed by atoms with Gasteiger partial charge in [-0.25, -0.2) is 22.6 Å². The van der Waals surface area contributed by atoms with Gasteiger partial charge in [-0.3, -0.25) is 19.1 Å². The summed E-state index contributed by atoms with van der Waals surface area (Å²) in [4.78, 5) is 60.9. The highest BCUT2D eigenvalue weighted by atomic mass is 32.2. The highest BCUT2D eigenvalue weighted by Crippen LogP contribution is 2.49. The number of pyridine rings is 1. The number of hydrogen-bond donors (Lipinski definition) is 4. The number of carbonyl (C=O) groups is 4. The molecular formula is C39H42FN5O8S. The third-order valence-electron chi connectivity index (χ3n) is 11.5. The van der Waals surface area contributed by atoms with Gasteiger partial charge in [0.25, 0.3) is 5.91 Å². The Morgan fingerprint density at radius 3 is 2.63 bits per heavy atom. The van der Waals surface area contributed by atoms with Crippen LogP contribution in [0, 0.1) is 11.7 Å². The molecule has 5 aliphatic rings. The van der Waals surface area contributed by atoms with Crippen LogP contribution in [-0.4, -0.2) is 82.2 Å². The largest absolute Gasteiger partial charge is 0.483 e. The number of carbonyl (C=O) groups excluding carboxylic acids is 3. The fraction of sp³-hybridized carbons (Fsp3) is 0.462. The molecule has 3 fully saturated rings. The molecule has 8 rings (SSSR count). The number of aromatic nitrogens is 1. The monoisotopic (exact) mass is 759 g/mol. The smallest absolute Gasteiger partial charge is 0.405 e. The molecule has 2 aliphatic carbocycles. The number of nitrogens with zero attached hydrogens (tertiary/aromatic N) is 2. The fourth-order valence-electron chi connectivity index (χ4n) is 8.36. The molecule has 13 nitrogen and oxygen atoms in total. The molecule has 15 heteroatoms. The summed E-state index contributed by atoms with van der Waals surface area (Å²) in [6.07, 6.45) is 7.19. The van der Waals surface area contributed by atoms with E-state index in [0.29, 0.717) is 67.5 Å². The van der Waals surface area contributed by atoms with Crippen molar-refractivity contribution in [3.63, 3.8) is 0 Å². The number of benzene rings is 2. The van der Waals surface area contributed by atoms with Crippen molar-refractivity contribution >= 4 is 44.7 Å². The standard InChI is InChI=1S/C39H42FN5O8S/c40-25-11-8-9-23(19-25)32-33-28(27-12-6-7-13-29(27)41-32)17-18-38(53-33)21-31-34(46)43-39(36(48)44-54(51,52)26-15-16-26)20-24(39)10-4-2-1-3-5-14-30(42-37(49)50)35(47)45(31)22-38/h4,6-13,19,24,26,30-31,42H,1-3,5,14-18,20-22H2,(H,43,46)(H,44,48)(H,49,50)/t24-,30+,31+,38-,39-/m1/s1.